The van der Waals surface area contributed by atoms with Crippen LogP contribution in [-0.4, -0.2) is 76.0 Å². The van der Waals surface area contributed by atoms with Crippen molar-refractivity contribution in [1.29, 1.82) is 0 Å². The van der Waals surface area contributed by atoms with Crippen molar-refractivity contribution >= 4 is 29.1 Å². The summed E-state index contributed by atoms with van der Waals surface area (Å²) in [5.74, 6) is 1.55. The molecule has 0 bridgehead atoms. The van der Waals surface area contributed by atoms with Crippen molar-refractivity contribution in [1.82, 2.24) is 24.3 Å². The molecule has 2 aromatic carbocycles. The number of likely N-dealkylation sites (N-methyl/N-ethyl adjacent to an activating group) is 1. The number of hydrogen-bond donors (Lipinski definition) is 2. The Bertz CT molecular complexity index is 1690. The summed E-state index contributed by atoms with van der Waals surface area (Å²) < 4.78 is 7.65. The normalized spacial score (nSPS) is 14.8. The Morgan fingerprint density at radius 2 is 1.82 bits per heavy atom. The third kappa shape index (κ3) is 5.77. The van der Waals surface area contributed by atoms with Crippen molar-refractivity contribution in [3.63, 3.8) is 0 Å². The van der Waals surface area contributed by atoms with Crippen LogP contribution in [0.4, 0.5) is 17.3 Å². The van der Waals surface area contributed by atoms with Gasteiger partial charge < -0.3 is 29.7 Å². The van der Waals surface area contributed by atoms with Crippen molar-refractivity contribution in [2.24, 2.45) is 0 Å². The Morgan fingerprint density at radius 3 is 2.59 bits per heavy atom. The first kappa shape index (κ1) is 29.4. The molecule has 4 aromatic rings. The number of hydrogen-bond acceptors (Lipinski definition) is 7. The van der Waals surface area contributed by atoms with E-state index < -0.39 is 0 Å². The van der Waals surface area contributed by atoms with E-state index in [4.69, 9.17) is 9.72 Å². The topological polar surface area (TPSA) is 105 Å². The maximum atomic E-state index is 13.4. The highest BCUT2D eigenvalue weighted by atomic mass is 16.5. The van der Waals surface area contributed by atoms with Crippen LogP contribution in [0.2, 0.25) is 0 Å². The van der Waals surface area contributed by atoms with Gasteiger partial charge >= 0.3 is 0 Å². The van der Waals surface area contributed by atoms with E-state index in [0.717, 1.165) is 72.9 Å². The predicted octanol–water partition coefficient (Wildman–Crippen LogP) is 5.16. The molecule has 1 fully saturated rings. The maximum absolute atomic E-state index is 13.4. The molecule has 2 aliphatic rings. The Hall–Kier alpha value is -4.70. The minimum absolute atomic E-state index is 0.00963. The van der Waals surface area contributed by atoms with Gasteiger partial charge in [0.25, 0.3) is 11.8 Å². The van der Waals surface area contributed by atoms with E-state index in [9.17, 15) is 9.59 Å². The summed E-state index contributed by atoms with van der Waals surface area (Å²) in [5, 5.41) is 6.39. The molecule has 0 spiro atoms. The molecule has 0 atom stereocenters. The lowest BCUT2D eigenvalue weighted by atomic mass is 10.0. The zero-order chi connectivity index (χ0) is 30.8. The molecule has 228 valence electrons. The molecule has 6 rings (SSSR count). The number of aromatic nitrogens is 3. The van der Waals surface area contributed by atoms with Gasteiger partial charge in [0.2, 0.25) is 5.95 Å². The number of ether oxygens (including phenoxy) is 1. The quantitative estimate of drug-likeness (QED) is 0.305. The Labute approximate surface area is 258 Å². The molecule has 1 saturated heterocycles. The molecule has 0 unspecified atom stereocenters. The number of fused-ring (bicyclic) bond motifs is 3. The number of aryl methyl sites for hydroxylation is 3. The second-order valence-electron chi connectivity index (χ2n) is 11.4. The molecule has 2 N–H and O–H groups in total. The predicted molar refractivity (Wildman–Crippen MR) is 172 cm³/mol. The Balaban J connectivity index is 1.21. The SMILES string of the molecule is CCN1CCCN(C(=O)c2ccc(Nc3ncc4c(n3)-n3ccc(C(=O)Nc5c(C)cccc5C)c3CC4)c(OC)c2)CC1. The van der Waals surface area contributed by atoms with Gasteiger partial charge in [0.1, 0.15) is 11.6 Å². The Kier molecular flexibility index (Phi) is 8.34. The summed E-state index contributed by atoms with van der Waals surface area (Å²) in [6.07, 6.45) is 6.13. The van der Waals surface area contributed by atoms with Gasteiger partial charge in [-0.2, -0.15) is 4.98 Å². The standard InChI is InChI=1S/C34H39N7O3/c1-5-39-15-7-16-40(19-18-39)33(43)24-10-12-27(29(20-24)44-4)36-34-35-21-25-11-13-28-26(14-17-41(28)31(25)38-34)32(42)37-30-22(2)8-6-9-23(30)3/h6,8-10,12,14,17,20-21H,5,7,11,13,15-16,18-19H2,1-4H3,(H,37,42)(H,35,36,38). The molecule has 0 aliphatic carbocycles. The first-order valence-corrected chi connectivity index (χ1v) is 15.3. The van der Waals surface area contributed by atoms with Crippen LogP contribution in [0.5, 0.6) is 5.75 Å². The molecular formula is C34H39N7O3. The number of amides is 2. The average Bonchev–Trinajstić information content (AvgIpc) is 3.33. The van der Waals surface area contributed by atoms with Crippen molar-refractivity contribution < 1.29 is 14.3 Å². The second kappa shape index (κ2) is 12.5. The molecule has 10 heteroatoms. The highest BCUT2D eigenvalue weighted by molar-refractivity contribution is 6.06. The minimum Gasteiger partial charge on any atom is -0.495 e. The van der Waals surface area contributed by atoms with Gasteiger partial charge in [-0.25, -0.2) is 4.98 Å². The number of carbonyl (C=O) groups excluding carboxylic acids is 2. The number of para-hydroxylation sites is 1. The van der Waals surface area contributed by atoms with E-state index >= 15 is 0 Å². The number of nitrogens with zero attached hydrogens (tertiary/aromatic N) is 5. The van der Waals surface area contributed by atoms with Gasteiger partial charge in [0.15, 0.2) is 0 Å². The summed E-state index contributed by atoms with van der Waals surface area (Å²) in [7, 11) is 1.59. The Morgan fingerprint density at radius 1 is 1.00 bits per heavy atom. The number of methoxy groups -OCH3 is 1. The monoisotopic (exact) mass is 593 g/mol. The zero-order valence-electron chi connectivity index (χ0n) is 25.8. The molecule has 0 saturated carbocycles. The van der Waals surface area contributed by atoms with Crippen LogP contribution in [0.3, 0.4) is 0 Å². The van der Waals surface area contributed by atoms with Crippen LogP contribution >= 0.6 is 0 Å². The maximum Gasteiger partial charge on any atom is 0.257 e. The number of nitrogens with one attached hydrogen (secondary N) is 2. The first-order valence-electron chi connectivity index (χ1n) is 15.3. The van der Waals surface area contributed by atoms with E-state index in [1.54, 1.807) is 13.2 Å². The fourth-order valence-corrected chi connectivity index (χ4v) is 6.13. The fraction of sp³-hybridized carbons (Fsp3) is 0.353. The fourth-order valence-electron chi connectivity index (χ4n) is 6.13. The van der Waals surface area contributed by atoms with Crippen LogP contribution in [0.1, 0.15) is 56.4 Å². The number of carbonyl (C=O) groups is 2. The molecule has 2 aliphatic heterocycles. The molecule has 2 aromatic heterocycles. The van der Waals surface area contributed by atoms with Crippen molar-refractivity contribution in [2.45, 2.75) is 40.0 Å². The van der Waals surface area contributed by atoms with Gasteiger partial charge in [-0.1, -0.05) is 25.1 Å². The van der Waals surface area contributed by atoms with Crippen molar-refractivity contribution in [3.05, 3.63) is 88.4 Å². The van der Waals surface area contributed by atoms with E-state index in [1.807, 2.05) is 72.1 Å². The minimum atomic E-state index is -0.130. The lowest BCUT2D eigenvalue weighted by molar-refractivity contribution is 0.0761. The second-order valence-corrected chi connectivity index (χ2v) is 11.4. The lowest BCUT2D eigenvalue weighted by Crippen LogP contribution is -2.35. The van der Waals surface area contributed by atoms with Crippen molar-refractivity contribution in [3.8, 4) is 11.6 Å². The smallest absolute Gasteiger partial charge is 0.257 e. The van der Waals surface area contributed by atoms with Crippen LogP contribution in [0.15, 0.2) is 54.9 Å². The summed E-state index contributed by atoms with van der Waals surface area (Å²) in [5.41, 5.74) is 6.71. The van der Waals surface area contributed by atoms with Gasteiger partial charge in [0, 0.05) is 54.5 Å². The van der Waals surface area contributed by atoms with E-state index in [2.05, 4.69) is 27.4 Å². The van der Waals surface area contributed by atoms with E-state index in [-0.39, 0.29) is 11.8 Å². The summed E-state index contributed by atoms with van der Waals surface area (Å²) in [6, 6.07) is 13.3. The zero-order valence-corrected chi connectivity index (χ0v) is 25.8. The van der Waals surface area contributed by atoms with Gasteiger partial charge in [0.05, 0.1) is 18.4 Å². The van der Waals surface area contributed by atoms with E-state index in [1.165, 1.54) is 0 Å². The third-order valence-corrected chi connectivity index (χ3v) is 8.68. The summed E-state index contributed by atoms with van der Waals surface area (Å²) >= 11 is 0. The van der Waals surface area contributed by atoms with E-state index in [0.29, 0.717) is 41.5 Å². The number of rotatable bonds is 7. The molecule has 4 heterocycles. The molecule has 0 radical (unpaired) electrons. The van der Waals surface area contributed by atoms with Crippen LogP contribution in [0, 0.1) is 13.8 Å². The summed E-state index contributed by atoms with van der Waals surface area (Å²) in [6.45, 7) is 10.5. The molecule has 10 nitrogen and oxygen atoms in total. The van der Waals surface area contributed by atoms with Crippen LogP contribution < -0.4 is 15.4 Å². The molecule has 44 heavy (non-hydrogen) atoms. The van der Waals surface area contributed by atoms with Crippen LogP contribution in [-0.2, 0) is 12.8 Å². The van der Waals surface area contributed by atoms with Gasteiger partial charge in [-0.15, -0.1) is 0 Å². The first-order chi connectivity index (χ1) is 21.4. The van der Waals surface area contributed by atoms with Crippen LogP contribution in [0.25, 0.3) is 5.82 Å². The average molecular weight is 594 g/mol. The van der Waals surface area contributed by atoms with Crippen molar-refractivity contribution in [2.75, 3.05) is 50.5 Å². The number of anilines is 3. The largest absolute Gasteiger partial charge is 0.495 e. The molecule has 2 amide bonds. The number of benzene rings is 2. The lowest BCUT2D eigenvalue weighted by Gasteiger charge is -2.22. The van der Waals surface area contributed by atoms with Gasteiger partial charge in [-0.3, -0.25) is 9.59 Å². The third-order valence-electron chi connectivity index (χ3n) is 8.68. The molecular weight excluding hydrogens is 554 g/mol. The highest BCUT2D eigenvalue weighted by Crippen LogP contribution is 2.31. The highest BCUT2D eigenvalue weighted by Gasteiger charge is 2.25. The summed E-state index contributed by atoms with van der Waals surface area (Å²) in [4.78, 5) is 40.4. The van der Waals surface area contributed by atoms with Gasteiger partial charge in [-0.05, 0) is 81.6 Å².